The van der Waals surface area contributed by atoms with Crippen molar-refractivity contribution < 1.29 is 14.3 Å². The number of carboxylic acids is 1. The van der Waals surface area contributed by atoms with Crippen molar-refractivity contribution in [3.63, 3.8) is 0 Å². The van der Waals surface area contributed by atoms with Gasteiger partial charge < -0.3 is 9.67 Å². The summed E-state index contributed by atoms with van der Waals surface area (Å²) in [5.74, 6) is -1.24. The third-order valence-electron chi connectivity index (χ3n) is 2.74. The van der Waals surface area contributed by atoms with Crippen LogP contribution in [0.15, 0.2) is 35.1 Å². The minimum Gasteiger partial charge on any atom is -0.478 e. The van der Waals surface area contributed by atoms with E-state index in [0.29, 0.717) is 11.1 Å². The molecule has 2 aromatic rings. The number of nitrogens with zero attached hydrogens (tertiary/aromatic N) is 1. The highest BCUT2D eigenvalue weighted by Gasteiger charge is 2.10. The number of hydrogen-bond acceptors (Lipinski definition) is 1. The molecule has 0 amide bonds. The van der Waals surface area contributed by atoms with Crippen molar-refractivity contribution in [2.75, 3.05) is 0 Å². The van der Waals surface area contributed by atoms with E-state index in [1.807, 2.05) is 6.92 Å². The maximum Gasteiger partial charge on any atom is 0.337 e. The Morgan fingerprint density at radius 3 is 2.72 bits per heavy atom. The normalized spacial score (nSPS) is 10.6. The lowest BCUT2D eigenvalue weighted by Gasteiger charge is -2.08. The summed E-state index contributed by atoms with van der Waals surface area (Å²) >= 11 is 3.31. The average Bonchev–Trinajstić information content (AvgIpc) is 2.64. The molecule has 0 aliphatic carbocycles. The molecular formula is C13H11BrFNO2. The van der Waals surface area contributed by atoms with E-state index in [-0.39, 0.29) is 11.4 Å². The summed E-state index contributed by atoms with van der Waals surface area (Å²) in [7, 11) is 0. The minimum atomic E-state index is -0.967. The number of carboxylic acid groups (broad SMARTS) is 1. The van der Waals surface area contributed by atoms with Crippen molar-refractivity contribution in [1.82, 2.24) is 4.57 Å². The van der Waals surface area contributed by atoms with Gasteiger partial charge in [-0.05, 0) is 52.2 Å². The summed E-state index contributed by atoms with van der Waals surface area (Å²) in [4.78, 5) is 10.8. The van der Waals surface area contributed by atoms with Gasteiger partial charge in [0.1, 0.15) is 5.82 Å². The molecule has 0 aliphatic rings. The van der Waals surface area contributed by atoms with Gasteiger partial charge in [0.25, 0.3) is 0 Å². The zero-order valence-electron chi connectivity index (χ0n) is 9.65. The molecule has 3 nitrogen and oxygen atoms in total. The lowest BCUT2D eigenvalue weighted by molar-refractivity contribution is 0.0697. The number of aromatic carboxylic acids is 1. The molecule has 18 heavy (non-hydrogen) atoms. The van der Waals surface area contributed by atoms with Crippen LogP contribution < -0.4 is 0 Å². The fourth-order valence-corrected chi connectivity index (χ4v) is 2.21. The van der Waals surface area contributed by atoms with E-state index in [1.165, 1.54) is 12.1 Å². The molecule has 0 radical (unpaired) electrons. The number of carbonyl (C=O) groups is 1. The predicted octanol–water partition coefficient (Wildman–Crippen LogP) is 3.44. The van der Waals surface area contributed by atoms with E-state index < -0.39 is 5.97 Å². The van der Waals surface area contributed by atoms with Gasteiger partial charge >= 0.3 is 5.97 Å². The van der Waals surface area contributed by atoms with E-state index in [1.54, 1.807) is 22.9 Å². The minimum absolute atomic E-state index is 0.224. The van der Waals surface area contributed by atoms with Crippen LogP contribution in [0.4, 0.5) is 4.39 Å². The van der Waals surface area contributed by atoms with Crippen molar-refractivity contribution in [3.05, 3.63) is 57.6 Å². The van der Waals surface area contributed by atoms with Crippen molar-refractivity contribution >= 4 is 21.9 Å². The van der Waals surface area contributed by atoms with E-state index in [4.69, 9.17) is 5.11 Å². The highest BCUT2D eigenvalue weighted by atomic mass is 79.9. The Morgan fingerprint density at radius 1 is 1.44 bits per heavy atom. The van der Waals surface area contributed by atoms with E-state index in [9.17, 15) is 9.18 Å². The van der Waals surface area contributed by atoms with Crippen molar-refractivity contribution in [3.8, 4) is 0 Å². The van der Waals surface area contributed by atoms with Crippen LogP contribution in [0, 0.1) is 12.7 Å². The molecule has 0 aliphatic heterocycles. The Hall–Kier alpha value is -1.62. The Balaban J connectivity index is 2.31. The predicted molar refractivity (Wildman–Crippen MR) is 69.3 cm³/mol. The number of halogens is 2. The highest BCUT2D eigenvalue weighted by molar-refractivity contribution is 9.10. The largest absolute Gasteiger partial charge is 0.478 e. The quantitative estimate of drug-likeness (QED) is 0.943. The van der Waals surface area contributed by atoms with Crippen LogP contribution in [0.1, 0.15) is 21.5 Å². The number of rotatable bonds is 3. The third-order valence-corrected chi connectivity index (χ3v) is 3.42. The summed E-state index contributed by atoms with van der Waals surface area (Å²) in [6.07, 6.45) is 1.55. The average molecular weight is 312 g/mol. The molecule has 0 saturated carbocycles. The summed E-state index contributed by atoms with van der Waals surface area (Å²) in [5, 5.41) is 8.90. The van der Waals surface area contributed by atoms with Gasteiger partial charge in [-0.3, -0.25) is 0 Å². The fourth-order valence-electron chi connectivity index (χ4n) is 1.74. The van der Waals surface area contributed by atoms with Crippen LogP contribution >= 0.6 is 15.9 Å². The van der Waals surface area contributed by atoms with Gasteiger partial charge in [-0.25, -0.2) is 9.18 Å². The number of aryl methyl sites for hydroxylation is 1. The van der Waals surface area contributed by atoms with Crippen LogP contribution in [0.5, 0.6) is 0 Å². The molecule has 0 fully saturated rings. The molecule has 0 spiro atoms. The second-order valence-electron chi connectivity index (χ2n) is 4.06. The SMILES string of the molecule is Cc1cc(F)ccc1Cn1cc(C(=O)O)cc1Br. The van der Waals surface area contributed by atoms with Crippen LogP contribution in [0.25, 0.3) is 0 Å². The number of hydrogen-bond donors (Lipinski definition) is 1. The maximum absolute atomic E-state index is 13.0. The van der Waals surface area contributed by atoms with Crippen LogP contribution in [-0.2, 0) is 6.54 Å². The Bertz CT molecular complexity index is 607. The van der Waals surface area contributed by atoms with Crippen LogP contribution in [0.3, 0.4) is 0 Å². The van der Waals surface area contributed by atoms with Crippen molar-refractivity contribution in [2.24, 2.45) is 0 Å². The molecule has 2 rings (SSSR count). The molecule has 1 aromatic heterocycles. The topological polar surface area (TPSA) is 42.2 Å². The zero-order valence-corrected chi connectivity index (χ0v) is 11.2. The van der Waals surface area contributed by atoms with E-state index in [2.05, 4.69) is 15.9 Å². The van der Waals surface area contributed by atoms with Crippen molar-refractivity contribution in [1.29, 1.82) is 0 Å². The standard InChI is InChI=1S/C13H11BrFNO2/c1-8-4-11(15)3-2-9(8)6-16-7-10(13(17)18)5-12(16)14/h2-5,7H,6H2,1H3,(H,17,18). The molecule has 5 heteroatoms. The molecular weight excluding hydrogens is 301 g/mol. The first-order valence-electron chi connectivity index (χ1n) is 5.31. The first-order chi connectivity index (χ1) is 8.47. The van der Waals surface area contributed by atoms with Gasteiger partial charge in [-0.2, -0.15) is 0 Å². The summed E-state index contributed by atoms with van der Waals surface area (Å²) in [6.45, 7) is 2.33. The molecule has 94 valence electrons. The number of aromatic nitrogens is 1. The lowest BCUT2D eigenvalue weighted by atomic mass is 10.1. The van der Waals surface area contributed by atoms with Gasteiger partial charge in [0.2, 0.25) is 0 Å². The summed E-state index contributed by atoms with van der Waals surface area (Å²) < 4.78 is 15.4. The molecule has 0 atom stereocenters. The monoisotopic (exact) mass is 311 g/mol. The van der Waals surface area contributed by atoms with E-state index in [0.717, 1.165) is 11.1 Å². The smallest absolute Gasteiger partial charge is 0.337 e. The number of benzene rings is 1. The van der Waals surface area contributed by atoms with Crippen molar-refractivity contribution in [2.45, 2.75) is 13.5 Å². The first kappa shape index (κ1) is 12.8. The second kappa shape index (κ2) is 4.94. The molecule has 0 unspecified atom stereocenters. The second-order valence-corrected chi connectivity index (χ2v) is 4.87. The van der Waals surface area contributed by atoms with Gasteiger partial charge in [-0.15, -0.1) is 0 Å². The Morgan fingerprint density at radius 2 is 2.17 bits per heavy atom. The Kier molecular flexibility index (Phi) is 3.52. The van der Waals surface area contributed by atoms with Gasteiger partial charge in [0.15, 0.2) is 0 Å². The fraction of sp³-hybridized carbons (Fsp3) is 0.154. The summed E-state index contributed by atoms with van der Waals surface area (Å²) in [5.41, 5.74) is 2.01. The summed E-state index contributed by atoms with van der Waals surface area (Å²) in [6, 6.07) is 6.11. The Labute approximate surface area is 112 Å². The molecule has 0 saturated heterocycles. The molecule has 1 N–H and O–H groups in total. The molecule has 1 heterocycles. The van der Waals surface area contributed by atoms with Crippen LogP contribution in [-0.4, -0.2) is 15.6 Å². The zero-order chi connectivity index (χ0) is 13.3. The molecule has 0 bridgehead atoms. The maximum atomic E-state index is 13.0. The van der Waals surface area contributed by atoms with Gasteiger partial charge in [-0.1, -0.05) is 6.07 Å². The third kappa shape index (κ3) is 2.61. The van der Waals surface area contributed by atoms with Crippen LogP contribution in [0.2, 0.25) is 0 Å². The highest BCUT2D eigenvalue weighted by Crippen LogP contribution is 2.19. The van der Waals surface area contributed by atoms with Gasteiger partial charge in [0.05, 0.1) is 10.2 Å². The molecule has 1 aromatic carbocycles. The van der Waals surface area contributed by atoms with Gasteiger partial charge in [0, 0.05) is 12.7 Å². The van der Waals surface area contributed by atoms with E-state index >= 15 is 0 Å². The lowest BCUT2D eigenvalue weighted by Crippen LogP contribution is -2.01. The first-order valence-corrected chi connectivity index (χ1v) is 6.10.